The SMILES string of the molecule is CO[C@H]1O[C@H](C)[C@@H](N)[C@H](O[Si](C)(C)C(C)(C)C)[C@H]1F. The van der Waals surface area contributed by atoms with E-state index in [0.717, 1.165) is 0 Å². The smallest absolute Gasteiger partial charge is 0.192 e. The van der Waals surface area contributed by atoms with E-state index in [4.69, 9.17) is 19.6 Å². The molecule has 19 heavy (non-hydrogen) atoms. The van der Waals surface area contributed by atoms with Gasteiger partial charge in [0.2, 0.25) is 0 Å². The summed E-state index contributed by atoms with van der Waals surface area (Å²) in [6.45, 7) is 12.4. The van der Waals surface area contributed by atoms with Gasteiger partial charge in [0.25, 0.3) is 0 Å². The van der Waals surface area contributed by atoms with E-state index in [0.29, 0.717) is 0 Å². The van der Waals surface area contributed by atoms with Gasteiger partial charge in [-0.1, -0.05) is 20.8 Å². The predicted octanol–water partition coefficient (Wildman–Crippen LogP) is 2.43. The van der Waals surface area contributed by atoms with Crippen molar-refractivity contribution in [2.75, 3.05) is 7.11 Å². The maximum atomic E-state index is 14.4. The summed E-state index contributed by atoms with van der Waals surface area (Å²) in [5.74, 6) is 0. The molecule has 1 fully saturated rings. The van der Waals surface area contributed by atoms with Crippen LogP contribution in [0.1, 0.15) is 27.7 Å². The molecule has 0 amide bonds. The third-order valence-corrected chi connectivity index (χ3v) is 8.79. The molecule has 1 rings (SSSR count). The van der Waals surface area contributed by atoms with E-state index in [1.807, 2.05) is 6.92 Å². The summed E-state index contributed by atoms with van der Waals surface area (Å²) in [6, 6.07) is -0.476. The van der Waals surface area contributed by atoms with Crippen LogP contribution < -0.4 is 5.73 Å². The third kappa shape index (κ3) is 3.55. The van der Waals surface area contributed by atoms with Gasteiger partial charge < -0.3 is 19.6 Å². The average Bonchev–Trinajstić information content (AvgIpc) is 2.27. The third-order valence-electron chi connectivity index (χ3n) is 4.31. The number of hydrogen-bond donors (Lipinski definition) is 1. The minimum Gasteiger partial charge on any atom is -0.409 e. The molecule has 4 nitrogen and oxygen atoms in total. The summed E-state index contributed by atoms with van der Waals surface area (Å²) in [5, 5.41) is 0.0105. The highest BCUT2D eigenvalue weighted by Gasteiger charge is 2.49. The van der Waals surface area contributed by atoms with E-state index in [9.17, 15) is 4.39 Å². The van der Waals surface area contributed by atoms with Crippen molar-refractivity contribution in [1.29, 1.82) is 0 Å². The lowest BCUT2D eigenvalue weighted by Crippen LogP contribution is -2.63. The summed E-state index contributed by atoms with van der Waals surface area (Å²) in [4.78, 5) is 0. The van der Waals surface area contributed by atoms with Gasteiger partial charge in [-0.15, -0.1) is 0 Å². The first kappa shape index (κ1) is 17.0. The zero-order valence-corrected chi connectivity index (χ0v) is 14.1. The van der Waals surface area contributed by atoms with Gasteiger partial charge in [-0.3, -0.25) is 0 Å². The number of alkyl halides is 1. The number of ether oxygens (including phenoxy) is 2. The Morgan fingerprint density at radius 1 is 1.26 bits per heavy atom. The number of rotatable bonds is 3. The van der Waals surface area contributed by atoms with Crippen LogP contribution in [0.2, 0.25) is 18.1 Å². The van der Waals surface area contributed by atoms with Crippen molar-refractivity contribution < 1.29 is 18.3 Å². The molecule has 0 spiro atoms. The van der Waals surface area contributed by atoms with E-state index >= 15 is 0 Å². The van der Waals surface area contributed by atoms with Crippen molar-refractivity contribution in [3.05, 3.63) is 0 Å². The number of halogens is 1. The normalized spacial score (nSPS) is 37.4. The van der Waals surface area contributed by atoms with Crippen molar-refractivity contribution in [3.63, 3.8) is 0 Å². The van der Waals surface area contributed by atoms with Crippen LogP contribution in [-0.2, 0) is 13.9 Å². The van der Waals surface area contributed by atoms with Crippen LogP contribution >= 0.6 is 0 Å². The van der Waals surface area contributed by atoms with Gasteiger partial charge in [-0.2, -0.15) is 0 Å². The first-order valence-electron chi connectivity index (χ1n) is 6.77. The zero-order chi connectivity index (χ0) is 15.0. The number of hydrogen-bond acceptors (Lipinski definition) is 4. The van der Waals surface area contributed by atoms with E-state index < -0.39 is 32.9 Å². The van der Waals surface area contributed by atoms with Crippen LogP contribution in [-0.4, -0.2) is 46.1 Å². The van der Waals surface area contributed by atoms with Crippen molar-refractivity contribution >= 4 is 8.32 Å². The molecule has 0 aromatic rings. The molecule has 114 valence electrons. The van der Waals surface area contributed by atoms with Gasteiger partial charge in [-0.25, -0.2) is 4.39 Å². The second-order valence-electron chi connectivity index (χ2n) is 6.81. The lowest BCUT2D eigenvalue weighted by molar-refractivity contribution is -0.239. The van der Waals surface area contributed by atoms with Crippen molar-refractivity contribution in [1.82, 2.24) is 0 Å². The minimum atomic E-state index is -2.08. The molecule has 1 aliphatic heterocycles. The van der Waals surface area contributed by atoms with Crippen LogP contribution in [0.4, 0.5) is 4.39 Å². The minimum absolute atomic E-state index is 0.0105. The molecule has 5 atom stereocenters. The van der Waals surface area contributed by atoms with E-state index in [2.05, 4.69) is 33.9 Å². The Morgan fingerprint density at radius 3 is 2.21 bits per heavy atom. The maximum absolute atomic E-state index is 14.4. The molecule has 0 radical (unpaired) electrons. The second kappa shape index (κ2) is 5.77. The van der Waals surface area contributed by atoms with Crippen LogP contribution in [0.25, 0.3) is 0 Å². The van der Waals surface area contributed by atoms with Gasteiger partial charge in [0.15, 0.2) is 20.8 Å². The van der Waals surface area contributed by atoms with E-state index in [-0.39, 0.29) is 11.1 Å². The number of nitrogens with two attached hydrogens (primary N) is 1. The Kier molecular flexibility index (Phi) is 5.18. The highest BCUT2D eigenvalue weighted by molar-refractivity contribution is 6.74. The monoisotopic (exact) mass is 293 g/mol. The molecule has 0 bridgehead atoms. The van der Waals surface area contributed by atoms with Crippen molar-refractivity contribution in [2.24, 2.45) is 5.73 Å². The first-order valence-corrected chi connectivity index (χ1v) is 9.68. The Labute approximate surface area is 116 Å². The molecule has 0 saturated carbocycles. The largest absolute Gasteiger partial charge is 0.409 e. The summed E-state index contributed by atoms with van der Waals surface area (Å²) >= 11 is 0. The summed E-state index contributed by atoms with van der Waals surface area (Å²) in [6.07, 6.45) is -3.21. The van der Waals surface area contributed by atoms with Crippen LogP contribution in [0.5, 0.6) is 0 Å². The zero-order valence-electron chi connectivity index (χ0n) is 13.1. The fourth-order valence-corrected chi connectivity index (χ4v) is 3.18. The molecule has 1 heterocycles. The fourth-order valence-electron chi connectivity index (χ4n) is 1.86. The van der Waals surface area contributed by atoms with E-state index in [1.54, 1.807) is 0 Å². The first-order chi connectivity index (χ1) is 8.51. The Bertz CT molecular complexity index is 309. The van der Waals surface area contributed by atoms with E-state index in [1.165, 1.54) is 7.11 Å². The lowest BCUT2D eigenvalue weighted by atomic mass is 9.99. The summed E-state index contributed by atoms with van der Waals surface area (Å²) in [7, 11) is -0.644. The van der Waals surface area contributed by atoms with Gasteiger partial charge >= 0.3 is 0 Å². The molecule has 1 aliphatic rings. The topological polar surface area (TPSA) is 53.7 Å². The van der Waals surface area contributed by atoms with Gasteiger partial charge in [-0.05, 0) is 25.1 Å². The van der Waals surface area contributed by atoms with Gasteiger partial charge in [0.1, 0.15) is 0 Å². The standard InChI is InChI=1S/C13H28FNO3Si/c1-8-10(15)11(9(14)12(16-5)17-8)18-19(6,7)13(2,3)4/h8-12H,15H2,1-7H3/t8-,9-,10-,11-,12+/m1/s1. The quantitative estimate of drug-likeness (QED) is 0.812. The van der Waals surface area contributed by atoms with Crippen LogP contribution in [0.3, 0.4) is 0 Å². The summed E-state index contributed by atoms with van der Waals surface area (Å²) < 4.78 is 31.0. The molecular weight excluding hydrogens is 265 g/mol. The Hall–Kier alpha value is -0.0131. The Balaban J connectivity index is 2.90. The summed E-state index contributed by atoms with van der Waals surface area (Å²) in [5.41, 5.74) is 6.06. The fraction of sp³-hybridized carbons (Fsp3) is 1.00. The maximum Gasteiger partial charge on any atom is 0.192 e. The molecule has 0 aromatic carbocycles. The molecule has 1 saturated heterocycles. The highest BCUT2D eigenvalue weighted by Crippen LogP contribution is 2.39. The average molecular weight is 293 g/mol. The van der Waals surface area contributed by atoms with Crippen LogP contribution in [0.15, 0.2) is 0 Å². The molecule has 2 N–H and O–H groups in total. The van der Waals surface area contributed by atoms with Crippen LogP contribution in [0, 0.1) is 0 Å². The highest BCUT2D eigenvalue weighted by atomic mass is 28.4. The molecule has 0 aliphatic carbocycles. The second-order valence-corrected chi connectivity index (χ2v) is 11.6. The Morgan fingerprint density at radius 2 is 1.79 bits per heavy atom. The van der Waals surface area contributed by atoms with Gasteiger partial charge in [0, 0.05) is 7.11 Å². The number of methoxy groups -OCH3 is 1. The molecule has 0 aromatic heterocycles. The van der Waals surface area contributed by atoms with Gasteiger partial charge in [0.05, 0.1) is 18.2 Å². The lowest BCUT2D eigenvalue weighted by Gasteiger charge is -2.46. The molecule has 6 heteroatoms. The van der Waals surface area contributed by atoms with Crippen molar-refractivity contribution in [2.45, 2.75) is 76.5 Å². The predicted molar refractivity (Wildman–Crippen MR) is 76.3 cm³/mol. The molecular formula is C13H28FNO3Si. The van der Waals surface area contributed by atoms with Crippen molar-refractivity contribution in [3.8, 4) is 0 Å². The molecule has 0 unspecified atom stereocenters.